The van der Waals surface area contributed by atoms with Gasteiger partial charge in [0.1, 0.15) is 33.6 Å². The molecule has 55 heavy (non-hydrogen) atoms. The molecule has 2 saturated heterocycles. The van der Waals surface area contributed by atoms with Crippen LogP contribution in [-0.2, 0) is 33.1 Å². The van der Waals surface area contributed by atoms with Gasteiger partial charge in [-0.15, -0.1) is 11.8 Å². The van der Waals surface area contributed by atoms with E-state index in [1.807, 2.05) is 53.9 Å². The highest BCUT2D eigenvalue weighted by Crippen LogP contribution is 2.28. The van der Waals surface area contributed by atoms with Gasteiger partial charge in [0.25, 0.3) is 0 Å². The second kappa shape index (κ2) is 16.4. The fraction of sp³-hybridized carbons (Fsp3) is 0.588. The standard InChI is InChI=1S/C17H23N5O5S.C17H23N5O4S/c1-17(2,3)27-16(23)20-6-5-11(10-20)7-12-8-14(28(4)26)21-15(19-12)13(9-18-21)22(24)25;1-17(2,3)26-16(23)20-6-5-11(10-20)7-12-8-14(27-4)21-15(19-12)13(9-18-21)22(24)25/h8-9,11H,5-7,10H2,1-4H3;8-9,11H,5-7,10H2,1-4H3/t11-,28?;11-/m11/s1. The fourth-order valence-electron chi connectivity index (χ4n) is 6.33. The van der Waals surface area contributed by atoms with Crippen molar-refractivity contribution >= 4 is 57.4 Å². The summed E-state index contributed by atoms with van der Waals surface area (Å²) >= 11 is 1.46. The van der Waals surface area contributed by atoms with E-state index in [4.69, 9.17) is 9.47 Å². The van der Waals surface area contributed by atoms with Crippen molar-refractivity contribution in [2.45, 2.75) is 88.5 Å². The van der Waals surface area contributed by atoms with Crippen LogP contribution in [0.1, 0.15) is 65.8 Å². The van der Waals surface area contributed by atoms with Crippen molar-refractivity contribution in [1.82, 2.24) is 39.0 Å². The van der Waals surface area contributed by atoms with E-state index in [9.17, 15) is 34.0 Å². The number of nitro groups is 2. The summed E-state index contributed by atoms with van der Waals surface area (Å²) in [6.45, 7) is 13.4. The molecule has 0 aliphatic carbocycles. The number of thioether (sulfide) groups is 1. The number of rotatable bonds is 8. The van der Waals surface area contributed by atoms with Crippen molar-refractivity contribution in [3.8, 4) is 0 Å². The molecule has 0 N–H and O–H groups in total. The molecule has 19 nitrogen and oxygen atoms in total. The Morgan fingerprint density at radius 1 is 0.818 bits per heavy atom. The van der Waals surface area contributed by atoms with Crippen molar-refractivity contribution in [2.75, 3.05) is 38.7 Å². The summed E-state index contributed by atoms with van der Waals surface area (Å²) in [7, 11) is -1.39. The lowest BCUT2D eigenvalue weighted by atomic mass is 10.0. The smallest absolute Gasteiger partial charge is 0.410 e. The lowest BCUT2D eigenvalue weighted by molar-refractivity contribution is -0.383. The largest absolute Gasteiger partial charge is 0.444 e. The van der Waals surface area contributed by atoms with Crippen molar-refractivity contribution in [3.63, 3.8) is 0 Å². The molecule has 6 heterocycles. The van der Waals surface area contributed by atoms with Crippen LogP contribution >= 0.6 is 11.8 Å². The summed E-state index contributed by atoms with van der Waals surface area (Å²) in [4.78, 5) is 58.1. The molecule has 298 valence electrons. The van der Waals surface area contributed by atoms with Crippen molar-refractivity contribution in [3.05, 3.63) is 56.1 Å². The number of nitrogens with zero attached hydrogens (tertiary/aromatic N) is 10. The SMILES string of the molecule is CS(=O)c1cc(C[C@H]2CCN(C(=O)OC(C)(C)C)C2)nc2c([N+](=O)[O-])cnn12.CSc1cc(C[C@H]2CCN(C(=O)OC(C)(C)C)C2)nc2c([N+](=O)[O-])cnn12. The first-order chi connectivity index (χ1) is 25.7. The van der Waals surface area contributed by atoms with Crippen LogP contribution in [0.25, 0.3) is 11.3 Å². The Kier molecular flexibility index (Phi) is 12.3. The normalized spacial score (nSPS) is 18.0. The van der Waals surface area contributed by atoms with Crippen LogP contribution < -0.4 is 0 Å². The molecule has 4 aromatic rings. The molecule has 0 bridgehead atoms. The van der Waals surface area contributed by atoms with Crippen LogP contribution in [0.3, 0.4) is 0 Å². The first-order valence-electron chi connectivity index (χ1n) is 17.6. The third-order valence-electron chi connectivity index (χ3n) is 8.71. The van der Waals surface area contributed by atoms with Crippen LogP contribution in [0.2, 0.25) is 0 Å². The Hall–Kier alpha value is -4.92. The van der Waals surface area contributed by atoms with E-state index >= 15 is 0 Å². The number of carbonyl (C=O) groups is 2. The highest BCUT2D eigenvalue weighted by molar-refractivity contribution is 7.98. The van der Waals surface area contributed by atoms with Gasteiger partial charge in [-0.3, -0.25) is 24.4 Å². The van der Waals surface area contributed by atoms with Crippen molar-refractivity contribution in [2.24, 2.45) is 11.8 Å². The second-order valence-corrected chi connectivity index (χ2v) is 17.6. The van der Waals surface area contributed by atoms with Crippen LogP contribution in [-0.4, -0.2) is 115 Å². The molecule has 21 heteroatoms. The number of fused-ring (bicyclic) bond motifs is 2. The zero-order chi connectivity index (χ0) is 40.4. The van der Waals surface area contributed by atoms with E-state index in [1.54, 1.807) is 15.9 Å². The van der Waals surface area contributed by atoms with E-state index in [2.05, 4.69) is 20.2 Å². The molecule has 0 aromatic carbocycles. The molecule has 2 aliphatic rings. The summed E-state index contributed by atoms with van der Waals surface area (Å²) in [5.74, 6) is 0.381. The third kappa shape index (κ3) is 10.2. The molecule has 1 unspecified atom stereocenters. The molecule has 0 spiro atoms. The zero-order valence-corrected chi connectivity index (χ0v) is 33.7. The molecule has 2 fully saturated rings. The Morgan fingerprint density at radius 3 is 1.67 bits per heavy atom. The highest BCUT2D eigenvalue weighted by Gasteiger charge is 2.32. The van der Waals surface area contributed by atoms with Crippen molar-refractivity contribution < 1.29 is 33.1 Å². The maximum atomic E-state index is 12.2. The Morgan fingerprint density at radius 2 is 1.25 bits per heavy atom. The van der Waals surface area contributed by atoms with E-state index in [0.717, 1.165) is 29.8 Å². The topological polar surface area (TPSA) is 223 Å². The van der Waals surface area contributed by atoms with Gasteiger partial charge >= 0.3 is 23.6 Å². The Balaban J connectivity index is 0.000000211. The predicted molar refractivity (Wildman–Crippen MR) is 203 cm³/mol. The van der Waals surface area contributed by atoms with Gasteiger partial charge in [-0.25, -0.2) is 24.1 Å². The van der Waals surface area contributed by atoms with Gasteiger partial charge in [0.2, 0.25) is 11.3 Å². The average Bonchev–Trinajstić information content (AvgIpc) is 3.89. The molecule has 4 aromatic heterocycles. The van der Waals surface area contributed by atoms with Crippen LogP contribution in [0, 0.1) is 32.1 Å². The van der Waals surface area contributed by atoms with Gasteiger partial charge in [-0.2, -0.15) is 14.7 Å². The lowest BCUT2D eigenvalue weighted by Gasteiger charge is -2.24. The number of ether oxygens (including phenoxy) is 2. The average molecular weight is 803 g/mol. The lowest BCUT2D eigenvalue weighted by Crippen LogP contribution is -2.35. The minimum absolute atomic E-state index is 0.0784. The number of hydrogen-bond donors (Lipinski definition) is 0. The van der Waals surface area contributed by atoms with Crippen LogP contribution in [0.15, 0.2) is 34.6 Å². The van der Waals surface area contributed by atoms with Crippen LogP contribution in [0.4, 0.5) is 21.0 Å². The maximum absolute atomic E-state index is 12.2. The van der Waals surface area contributed by atoms with Gasteiger partial charge in [0.05, 0.1) is 20.6 Å². The van der Waals surface area contributed by atoms with Gasteiger partial charge in [-0.1, -0.05) is 0 Å². The van der Waals surface area contributed by atoms with Crippen molar-refractivity contribution in [1.29, 1.82) is 0 Å². The van der Waals surface area contributed by atoms with Gasteiger partial charge in [0, 0.05) is 43.8 Å². The third-order valence-corrected chi connectivity index (χ3v) is 10.3. The molecule has 0 saturated carbocycles. The predicted octanol–water partition coefficient (Wildman–Crippen LogP) is 5.33. The first kappa shape index (κ1) is 41.2. The quantitative estimate of drug-likeness (QED) is 0.0951. The van der Waals surface area contributed by atoms with Gasteiger partial charge in [0.15, 0.2) is 0 Å². The molecule has 2 amide bonds. The van der Waals surface area contributed by atoms with E-state index in [-0.39, 0.29) is 46.7 Å². The van der Waals surface area contributed by atoms with E-state index in [1.165, 1.54) is 33.2 Å². The van der Waals surface area contributed by atoms with E-state index in [0.29, 0.717) is 49.7 Å². The number of aromatic nitrogens is 6. The molecule has 6 rings (SSSR count). The molecule has 0 radical (unpaired) electrons. The number of hydrogen-bond acceptors (Lipinski definition) is 14. The summed E-state index contributed by atoms with van der Waals surface area (Å²) in [5, 5.41) is 31.6. The highest BCUT2D eigenvalue weighted by atomic mass is 32.2. The summed E-state index contributed by atoms with van der Waals surface area (Å²) in [5.41, 5.74) is 0.297. The monoisotopic (exact) mass is 802 g/mol. The van der Waals surface area contributed by atoms with Gasteiger partial charge < -0.3 is 19.3 Å². The second-order valence-electron chi connectivity index (χ2n) is 15.4. The molecular weight excluding hydrogens is 757 g/mol. The van der Waals surface area contributed by atoms with Gasteiger partial charge in [-0.05, 0) is 97.5 Å². The minimum Gasteiger partial charge on any atom is -0.444 e. The number of carbonyl (C=O) groups excluding carboxylic acids is 2. The first-order valence-corrected chi connectivity index (χ1v) is 20.4. The summed E-state index contributed by atoms with van der Waals surface area (Å²) < 4.78 is 25.7. The molecule has 2 aliphatic heterocycles. The minimum atomic E-state index is -1.39. The zero-order valence-electron chi connectivity index (χ0n) is 32.1. The number of amides is 2. The Bertz CT molecular complexity index is 2130. The Labute approximate surface area is 323 Å². The fourth-order valence-corrected chi connectivity index (χ4v) is 7.57. The van der Waals surface area contributed by atoms with Crippen LogP contribution in [0.5, 0.6) is 0 Å². The summed E-state index contributed by atoms with van der Waals surface area (Å²) in [6.07, 6.45) is 7.87. The number of likely N-dealkylation sites (tertiary alicyclic amines) is 2. The molecular formula is C34H46N10O9S2. The van der Waals surface area contributed by atoms with E-state index < -0.39 is 31.8 Å². The molecule has 3 atom stereocenters. The summed E-state index contributed by atoms with van der Waals surface area (Å²) in [6, 6.07) is 3.57. The maximum Gasteiger partial charge on any atom is 0.410 e.